The van der Waals surface area contributed by atoms with Gasteiger partial charge in [0.05, 0.1) is 0 Å². The Labute approximate surface area is 121 Å². The third-order valence-corrected chi connectivity index (χ3v) is 2.33. The monoisotopic (exact) mass is 286 g/mol. The van der Waals surface area contributed by atoms with Gasteiger partial charge in [-0.3, -0.25) is 0 Å². The number of carbonyl (C=O) groups is 3. The third kappa shape index (κ3) is 6.68. The van der Waals surface area contributed by atoms with Crippen molar-refractivity contribution in [3.63, 3.8) is 0 Å². The quantitative estimate of drug-likeness (QED) is 0.522. The summed E-state index contributed by atoms with van der Waals surface area (Å²) < 4.78 is 3.97. The Morgan fingerprint density at radius 2 is 1.71 bits per heavy atom. The molecule has 1 heterocycles. The largest absolute Gasteiger partial charge is 0.478 e. The van der Waals surface area contributed by atoms with Crippen molar-refractivity contribution in [2.45, 2.75) is 6.42 Å². The number of hydrogen-bond donors (Lipinski definition) is 1. The molecule has 1 aliphatic heterocycles. The van der Waals surface area contributed by atoms with Gasteiger partial charge in [-0.05, 0) is 12.0 Å². The Kier molecular flexibility index (Phi) is 6.34. The second-order valence-corrected chi connectivity index (χ2v) is 4.00. The van der Waals surface area contributed by atoms with Gasteiger partial charge in [-0.25, -0.2) is 14.4 Å². The van der Waals surface area contributed by atoms with Gasteiger partial charge < -0.3 is 9.84 Å². The summed E-state index contributed by atoms with van der Waals surface area (Å²) in [4.78, 5) is 30.3. The number of cyclic esters (lactones) is 2. The number of aliphatic carboxylic acids is 1. The van der Waals surface area contributed by atoms with E-state index < -0.39 is 17.9 Å². The highest BCUT2D eigenvalue weighted by molar-refractivity contribution is 6.04. The summed E-state index contributed by atoms with van der Waals surface area (Å²) in [5.41, 5.74) is 1.27. The summed E-state index contributed by atoms with van der Waals surface area (Å²) >= 11 is 0. The SMILES string of the molecule is C=C(CC=Cc1ccccc1)C(=O)O.O=C1C=CC(=O)O1. The van der Waals surface area contributed by atoms with Gasteiger partial charge in [-0.2, -0.15) is 0 Å². The first-order valence-corrected chi connectivity index (χ1v) is 6.05. The van der Waals surface area contributed by atoms with Crippen molar-refractivity contribution >= 4 is 24.0 Å². The number of esters is 2. The van der Waals surface area contributed by atoms with Crippen molar-refractivity contribution < 1.29 is 24.2 Å². The number of carboxylic acid groups (broad SMARTS) is 1. The van der Waals surface area contributed by atoms with E-state index in [9.17, 15) is 14.4 Å². The lowest BCUT2D eigenvalue weighted by Crippen LogP contribution is -1.96. The van der Waals surface area contributed by atoms with Crippen LogP contribution in [0.3, 0.4) is 0 Å². The molecule has 1 aromatic carbocycles. The molecule has 0 saturated carbocycles. The van der Waals surface area contributed by atoms with E-state index >= 15 is 0 Å². The van der Waals surface area contributed by atoms with Gasteiger partial charge in [-0.15, -0.1) is 0 Å². The van der Waals surface area contributed by atoms with Crippen LogP contribution in [-0.2, 0) is 19.1 Å². The minimum Gasteiger partial charge on any atom is -0.478 e. The molecule has 2 rings (SSSR count). The number of hydrogen-bond acceptors (Lipinski definition) is 4. The molecule has 1 N–H and O–H groups in total. The van der Waals surface area contributed by atoms with E-state index in [2.05, 4.69) is 11.3 Å². The zero-order valence-corrected chi connectivity index (χ0v) is 11.2. The van der Waals surface area contributed by atoms with Crippen LogP contribution in [0.2, 0.25) is 0 Å². The first-order valence-electron chi connectivity index (χ1n) is 6.05. The van der Waals surface area contributed by atoms with Crippen LogP contribution < -0.4 is 0 Å². The van der Waals surface area contributed by atoms with E-state index in [1.807, 2.05) is 36.4 Å². The summed E-state index contributed by atoms with van der Waals surface area (Å²) in [6.07, 6.45) is 6.23. The third-order valence-electron chi connectivity index (χ3n) is 2.33. The summed E-state index contributed by atoms with van der Waals surface area (Å²) in [5, 5.41) is 8.55. The summed E-state index contributed by atoms with van der Waals surface area (Å²) in [5.74, 6) is -2.10. The van der Waals surface area contributed by atoms with Crippen molar-refractivity contribution in [3.8, 4) is 0 Å². The number of carbonyl (C=O) groups excluding carboxylic acids is 2. The fourth-order valence-corrected chi connectivity index (χ4v) is 1.29. The van der Waals surface area contributed by atoms with Crippen molar-refractivity contribution in [1.29, 1.82) is 0 Å². The molecule has 0 radical (unpaired) electrons. The smallest absolute Gasteiger partial charge is 0.338 e. The fourth-order valence-electron chi connectivity index (χ4n) is 1.29. The predicted octanol–water partition coefficient (Wildman–Crippen LogP) is 2.36. The molecule has 0 unspecified atom stereocenters. The average molecular weight is 286 g/mol. The van der Waals surface area contributed by atoms with Gasteiger partial charge in [-0.1, -0.05) is 49.1 Å². The second kappa shape index (κ2) is 8.27. The second-order valence-electron chi connectivity index (χ2n) is 4.00. The molecule has 0 aromatic heterocycles. The number of ether oxygens (including phenoxy) is 1. The molecular weight excluding hydrogens is 272 g/mol. The molecule has 0 spiro atoms. The van der Waals surface area contributed by atoms with Gasteiger partial charge >= 0.3 is 17.9 Å². The summed E-state index contributed by atoms with van der Waals surface area (Å²) in [6.45, 7) is 3.43. The minimum atomic E-state index is -0.942. The van der Waals surface area contributed by atoms with E-state index in [-0.39, 0.29) is 5.57 Å². The molecule has 0 fully saturated rings. The zero-order valence-electron chi connectivity index (χ0n) is 11.2. The lowest BCUT2D eigenvalue weighted by molar-refractivity contribution is -0.150. The minimum absolute atomic E-state index is 0.206. The van der Waals surface area contributed by atoms with Gasteiger partial charge in [0.2, 0.25) is 0 Å². The van der Waals surface area contributed by atoms with Crippen molar-refractivity contribution in [3.05, 3.63) is 66.3 Å². The fraction of sp³-hybridized carbons (Fsp3) is 0.0625. The Morgan fingerprint density at radius 3 is 2.14 bits per heavy atom. The molecule has 1 aromatic rings. The normalized spacial score (nSPS) is 12.8. The van der Waals surface area contributed by atoms with Gasteiger partial charge in [0, 0.05) is 17.7 Å². The maximum absolute atomic E-state index is 10.4. The Bertz CT molecular complexity index is 580. The van der Waals surface area contributed by atoms with Crippen molar-refractivity contribution in [2.24, 2.45) is 0 Å². The van der Waals surface area contributed by atoms with Crippen LogP contribution in [0.15, 0.2) is 60.7 Å². The summed E-state index contributed by atoms with van der Waals surface area (Å²) in [6, 6.07) is 9.73. The number of allylic oxidation sites excluding steroid dienone is 1. The number of benzene rings is 1. The first-order chi connectivity index (χ1) is 9.99. The molecule has 0 atom stereocenters. The zero-order chi connectivity index (χ0) is 15.7. The van der Waals surface area contributed by atoms with Crippen LogP contribution in [0.1, 0.15) is 12.0 Å². The Balaban J connectivity index is 0.000000262. The van der Waals surface area contributed by atoms with Crippen molar-refractivity contribution in [2.75, 3.05) is 0 Å². The van der Waals surface area contributed by atoms with Gasteiger partial charge in [0.25, 0.3) is 0 Å². The predicted molar refractivity (Wildman–Crippen MR) is 77.1 cm³/mol. The highest BCUT2D eigenvalue weighted by Gasteiger charge is 2.10. The maximum Gasteiger partial charge on any atom is 0.338 e. The highest BCUT2D eigenvalue weighted by atomic mass is 16.6. The van der Waals surface area contributed by atoms with Crippen LogP contribution >= 0.6 is 0 Å². The van der Waals surface area contributed by atoms with Crippen LogP contribution in [0.5, 0.6) is 0 Å². The van der Waals surface area contributed by atoms with Crippen molar-refractivity contribution in [1.82, 2.24) is 0 Å². The van der Waals surface area contributed by atoms with E-state index in [1.54, 1.807) is 6.08 Å². The Morgan fingerprint density at radius 1 is 1.14 bits per heavy atom. The standard InChI is InChI=1S/C12H12O2.C4H2O3/c1-10(12(13)14)6-5-9-11-7-3-2-4-8-11;5-3-1-2-4(6)7-3/h2-5,7-9H,1,6H2,(H,13,14);1-2H. The van der Waals surface area contributed by atoms with Crippen LogP contribution in [0, 0.1) is 0 Å². The molecule has 0 aliphatic carbocycles. The van der Waals surface area contributed by atoms with E-state index in [0.717, 1.165) is 17.7 Å². The molecule has 0 saturated heterocycles. The molecule has 5 nitrogen and oxygen atoms in total. The topological polar surface area (TPSA) is 80.7 Å². The average Bonchev–Trinajstić information content (AvgIpc) is 2.84. The lowest BCUT2D eigenvalue weighted by Gasteiger charge is -1.93. The lowest BCUT2D eigenvalue weighted by atomic mass is 10.1. The molecule has 5 heteroatoms. The molecule has 0 amide bonds. The van der Waals surface area contributed by atoms with Crippen LogP contribution in [-0.4, -0.2) is 23.0 Å². The molecule has 0 bridgehead atoms. The highest BCUT2D eigenvalue weighted by Crippen LogP contribution is 2.05. The van der Waals surface area contributed by atoms with Crippen LogP contribution in [0.4, 0.5) is 0 Å². The Hall–Kier alpha value is -2.95. The number of rotatable bonds is 4. The maximum atomic E-state index is 10.4. The van der Waals surface area contributed by atoms with Crippen LogP contribution in [0.25, 0.3) is 6.08 Å². The van der Waals surface area contributed by atoms with Gasteiger partial charge in [0.1, 0.15) is 0 Å². The van der Waals surface area contributed by atoms with Gasteiger partial charge in [0.15, 0.2) is 0 Å². The number of carboxylic acids is 1. The molecule has 21 heavy (non-hydrogen) atoms. The molecule has 108 valence electrons. The summed E-state index contributed by atoms with van der Waals surface area (Å²) in [7, 11) is 0. The van der Waals surface area contributed by atoms with E-state index in [1.165, 1.54) is 0 Å². The molecule has 1 aliphatic rings. The van der Waals surface area contributed by atoms with E-state index in [4.69, 9.17) is 5.11 Å². The molecular formula is C16H14O5. The van der Waals surface area contributed by atoms with E-state index in [0.29, 0.717) is 6.42 Å². The first kappa shape index (κ1) is 16.1.